The highest BCUT2D eigenvalue weighted by atomic mass is 79.9. The number of rotatable bonds is 5. The van der Waals surface area contributed by atoms with Gasteiger partial charge in [0, 0.05) is 14.7 Å². The molecule has 5 nitrogen and oxygen atoms in total. The first-order chi connectivity index (χ1) is 8.94. The fraction of sp³-hybridized carbons (Fsp3) is 0.300. The summed E-state index contributed by atoms with van der Waals surface area (Å²) < 4.78 is 28.9. The Morgan fingerprint density at radius 3 is 2.84 bits per heavy atom. The van der Waals surface area contributed by atoms with E-state index in [4.69, 9.17) is 5.73 Å². The molecule has 0 atom stereocenters. The summed E-state index contributed by atoms with van der Waals surface area (Å²) in [7, 11) is -3.36. The Labute approximate surface area is 128 Å². The molecule has 0 aromatic carbocycles. The third-order valence-electron chi connectivity index (χ3n) is 2.41. The Morgan fingerprint density at radius 2 is 2.26 bits per heavy atom. The maximum absolute atomic E-state index is 12.0. The lowest BCUT2D eigenvalue weighted by Crippen LogP contribution is -2.09. The van der Waals surface area contributed by atoms with Crippen LogP contribution < -0.4 is 11.1 Å². The number of halogens is 1. The van der Waals surface area contributed by atoms with Crippen LogP contribution in [0.3, 0.4) is 0 Å². The summed E-state index contributed by atoms with van der Waals surface area (Å²) in [4.78, 5) is 1.22. The lowest BCUT2D eigenvalue weighted by molar-refractivity contribution is 0.598. The minimum atomic E-state index is -3.36. The lowest BCUT2D eigenvalue weighted by Gasteiger charge is -2.05. The highest BCUT2D eigenvalue weighted by Gasteiger charge is 2.23. The zero-order valence-electron chi connectivity index (χ0n) is 10.0. The average Bonchev–Trinajstić information content (AvgIpc) is 2.93. The molecule has 2 aromatic heterocycles. The van der Waals surface area contributed by atoms with E-state index in [0.717, 1.165) is 20.9 Å². The number of nitrogen functional groups attached to an aromatic ring is 1. The van der Waals surface area contributed by atoms with Gasteiger partial charge in [0.05, 0.1) is 12.3 Å². The van der Waals surface area contributed by atoms with Crippen molar-refractivity contribution in [2.45, 2.75) is 18.4 Å². The molecule has 104 valence electrons. The number of hydrogen-bond donors (Lipinski definition) is 2. The fourth-order valence-electron chi connectivity index (χ4n) is 1.47. The molecule has 0 aliphatic rings. The maximum Gasteiger partial charge on any atom is 0.184 e. The zero-order chi connectivity index (χ0) is 14.0. The molecule has 0 aliphatic carbocycles. The Bertz CT molecular complexity index is 678. The minimum absolute atomic E-state index is 0.00877. The Hall–Kier alpha value is -0.640. The molecule has 0 bridgehead atoms. The van der Waals surface area contributed by atoms with Gasteiger partial charge >= 0.3 is 0 Å². The number of sulfone groups is 1. The van der Waals surface area contributed by atoms with E-state index in [9.17, 15) is 8.42 Å². The van der Waals surface area contributed by atoms with Gasteiger partial charge in [-0.3, -0.25) is 0 Å². The van der Waals surface area contributed by atoms with Crippen LogP contribution in [-0.2, 0) is 16.4 Å². The smallest absolute Gasteiger partial charge is 0.184 e. The number of nitrogens with zero attached hydrogens (tertiary/aromatic N) is 1. The van der Waals surface area contributed by atoms with Crippen LogP contribution in [0.25, 0.3) is 0 Å². The van der Waals surface area contributed by atoms with Gasteiger partial charge in [-0.05, 0) is 33.5 Å². The van der Waals surface area contributed by atoms with E-state index in [0.29, 0.717) is 11.5 Å². The summed E-state index contributed by atoms with van der Waals surface area (Å²) in [6.45, 7) is 2.14. The van der Waals surface area contributed by atoms with Crippen LogP contribution in [0.5, 0.6) is 0 Å². The monoisotopic (exact) mass is 381 g/mol. The van der Waals surface area contributed by atoms with Gasteiger partial charge in [-0.15, -0.1) is 11.3 Å². The standard InChI is InChI=1S/C10H12BrN3O2S3/c1-2-19(15,16)8-9(12)14-18-10(8)13-4-7-3-6(11)5-17-7/h3,5,13H,2,4H2,1H3,(H2,12,14). The second-order valence-electron chi connectivity index (χ2n) is 3.71. The molecular weight excluding hydrogens is 370 g/mol. The van der Waals surface area contributed by atoms with Crippen LogP contribution >= 0.6 is 38.8 Å². The van der Waals surface area contributed by atoms with Gasteiger partial charge in [0.2, 0.25) is 0 Å². The van der Waals surface area contributed by atoms with E-state index >= 15 is 0 Å². The number of nitrogens with one attached hydrogen (secondary N) is 1. The van der Waals surface area contributed by atoms with Crippen LogP contribution in [0, 0.1) is 0 Å². The Balaban J connectivity index is 2.22. The van der Waals surface area contributed by atoms with Gasteiger partial charge < -0.3 is 11.1 Å². The van der Waals surface area contributed by atoms with Crippen molar-refractivity contribution in [3.8, 4) is 0 Å². The minimum Gasteiger partial charge on any atom is -0.382 e. The van der Waals surface area contributed by atoms with Crippen LogP contribution in [0.2, 0.25) is 0 Å². The lowest BCUT2D eigenvalue weighted by atomic mass is 10.4. The quantitative estimate of drug-likeness (QED) is 0.831. The summed E-state index contributed by atoms with van der Waals surface area (Å²) in [5.74, 6) is 0.0798. The largest absolute Gasteiger partial charge is 0.382 e. The molecule has 0 aliphatic heterocycles. The predicted molar refractivity (Wildman–Crippen MR) is 83.6 cm³/mol. The first-order valence-corrected chi connectivity index (χ1v) is 9.48. The molecule has 2 rings (SSSR count). The van der Waals surface area contributed by atoms with Crippen molar-refractivity contribution in [1.82, 2.24) is 4.37 Å². The molecule has 0 amide bonds. The van der Waals surface area contributed by atoms with Crippen molar-refractivity contribution in [2.75, 3.05) is 16.8 Å². The number of thiophene rings is 1. The van der Waals surface area contributed by atoms with Crippen LogP contribution in [0.1, 0.15) is 11.8 Å². The van der Waals surface area contributed by atoms with Crippen molar-refractivity contribution >= 4 is 59.5 Å². The SMILES string of the molecule is CCS(=O)(=O)c1c(N)nsc1NCc1cc(Br)cs1. The van der Waals surface area contributed by atoms with E-state index in [1.165, 1.54) is 0 Å². The first kappa shape index (κ1) is 14.8. The van der Waals surface area contributed by atoms with Crippen LogP contribution in [-0.4, -0.2) is 18.5 Å². The third kappa shape index (κ3) is 3.28. The normalized spacial score (nSPS) is 11.7. The third-order valence-corrected chi connectivity index (χ3v) is 6.85. The molecule has 0 radical (unpaired) electrons. The molecule has 0 saturated heterocycles. The topological polar surface area (TPSA) is 85.1 Å². The second-order valence-corrected chi connectivity index (χ2v) is 8.61. The highest BCUT2D eigenvalue weighted by molar-refractivity contribution is 9.10. The summed E-state index contributed by atoms with van der Waals surface area (Å²) in [6, 6.07) is 1.98. The Morgan fingerprint density at radius 1 is 1.53 bits per heavy atom. The van der Waals surface area contributed by atoms with E-state index in [1.54, 1.807) is 18.3 Å². The summed E-state index contributed by atoms with van der Waals surface area (Å²) in [5.41, 5.74) is 5.65. The molecule has 0 unspecified atom stereocenters. The molecule has 0 fully saturated rings. The summed E-state index contributed by atoms with van der Waals surface area (Å²) in [6.07, 6.45) is 0. The molecule has 0 saturated carbocycles. The number of nitrogens with two attached hydrogens (primary N) is 1. The van der Waals surface area contributed by atoms with E-state index < -0.39 is 9.84 Å². The maximum atomic E-state index is 12.0. The summed E-state index contributed by atoms with van der Waals surface area (Å²) >= 11 is 6.04. The number of anilines is 2. The van der Waals surface area contributed by atoms with Gasteiger partial charge in [-0.2, -0.15) is 4.37 Å². The summed E-state index contributed by atoms with van der Waals surface area (Å²) in [5, 5.41) is 5.57. The van der Waals surface area contributed by atoms with Gasteiger partial charge in [0.15, 0.2) is 15.7 Å². The van der Waals surface area contributed by atoms with Crippen molar-refractivity contribution in [1.29, 1.82) is 0 Å². The van der Waals surface area contributed by atoms with Gasteiger partial charge in [-0.1, -0.05) is 6.92 Å². The van der Waals surface area contributed by atoms with Crippen molar-refractivity contribution in [3.05, 3.63) is 20.8 Å². The predicted octanol–water partition coefficient (Wildman–Crippen LogP) is 2.96. The second kappa shape index (κ2) is 5.78. The first-order valence-electron chi connectivity index (χ1n) is 5.38. The molecule has 0 spiro atoms. The Kier molecular flexibility index (Phi) is 4.49. The van der Waals surface area contributed by atoms with Crippen LogP contribution in [0.4, 0.5) is 10.8 Å². The zero-order valence-corrected chi connectivity index (χ0v) is 14.0. The molecule has 19 heavy (non-hydrogen) atoms. The fourth-order valence-corrected chi connectivity index (χ4v) is 5.02. The van der Waals surface area contributed by atoms with Gasteiger partial charge in [0.1, 0.15) is 9.90 Å². The van der Waals surface area contributed by atoms with Gasteiger partial charge in [-0.25, -0.2) is 8.42 Å². The van der Waals surface area contributed by atoms with E-state index in [2.05, 4.69) is 25.6 Å². The number of hydrogen-bond acceptors (Lipinski definition) is 7. The number of aromatic nitrogens is 1. The molecule has 9 heteroatoms. The molecular formula is C10H12BrN3O2S3. The van der Waals surface area contributed by atoms with Crippen LogP contribution in [0.15, 0.2) is 20.8 Å². The van der Waals surface area contributed by atoms with E-state index in [-0.39, 0.29) is 16.5 Å². The average molecular weight is 382 g/mol. The van der Waals surface area contributed by atoms with Crippen molar-refractivity contribution < 1.29 is 8.42 Å². The highest BCUT2D eigenvalue weighted by Crippen LogP contribution is 2.33. The molecule has 2 heterocycles. The van der Waals surface area contributed by atoms with Crippen molar-refractivity contribution in [2.24, 2.45) is 0 Å². The molecule has 2 aromatic rings. The molecule has 3 N–H and O–H groups in total. The van der Waals surface area contributed by atoms with Crippen molar-refractivity contribution in [3.63, 3.8) is 0 Å². The van der Waals surface area contributed by atoms with Gasteiger partial charge in [0.25, 0.3) is 0 Å². The van der Waals surface area contributed by atoms with E-state index in [1.807, 2.05) is 11.4 Å².